The second-order valence-corrected chi connectivity index (χ2v) is 3.20. The lowest BCUT2D eigenvalue weighted by molar-refractivity contribution is 0.299. The molecule has 3 heterocycles. The van der Waals surface area contributed by atoms with E-state index in [0.717, 1.165) is 0 Å². The lowest BCUT2D eigenvalue weighted by Crippen LogP contribution is -2.20. The number of hydrogen-bond acceptors (Lipinski definition) is 3. The van der Waals surface area contributed by atoms with Crippen LogP contribution in [-0.4, -0.2) is 36.6 Å². The summed E-state index contributed by atoms with van der Waals surface area (Å²) in [5.74, 6) is 0. The zero-order valence-corrected chi connectivity index (χ0v) is 4.69. The third-order valence-corrected chi connectivity index (χ3v) is 2.66. The Balaban J connectivity index is 1.84. The van der Waals surface area contributed by atoms with Crippen LogP contribution in [0.5, 0.6) is 0 Å². The molecule has 48 valence electrons. The van der Waals surface area contributed by atoms with Gasteiger partial charge in [-0.1, -0.05) is 0 Å². The Hall–Kier alpha value is -0.120. The van der Waals surface area contributed by atoms with Crippen LogP contribution in [0.15, 0.2) is 0 Å². The zero-order valence-electron chi connectivity index (χ0n) is 4.69. The van der Waals surface area contributed by atoms with Crippen LogP contribution < -0.4 is 0 Å². The van der Waals surface area contributed by atoms with Crippen molar-refractivity contribution in [2.75, 3.05) is 0 Å². The molecule has 0 aromatic rings. The van der Waals surface area contributed by atoms with Gasteiger partial charge in [-0.05, 0) is 0 Å². The van der Waals surface area contributed by atoms with Gasteiger partial charge in [0.15, 0.2) is 0 Å². The van der Waals surface area contributed by atoms with E-state index < -0.39 is 0 Å². The van der Waals surface area contributed by atoms with Crippen LogP contribution in [0.25, 0.3) is 0 Å². The maximum atomic E-state index is 5.34. The van der Waals surface area contributed by atoms with Gasteiger partial charge in [0.1, 0.15) is 36.6 Å². The highest BCUT2D eigenvalue weighted by molar-refractivity contribution is 5.22. The van der Waals surface area contributed by atoms with Crippen LogP contribution in [0.2, 0.25) is 0 Å². The molecule has 3 aliphatic heterocycles. The molecule has 4 fully saturated rings. The molecule has 3 nitrogen and oxygen atoms in total. The molecule has 0 aromatic carbocycles. The molecule has 0 aromatic heterocycles. The molecule has 1 saturated carbocycles. The Bertz CT molecular complexity index is 129. The molecule has 3 saturated heterocycles. The van der Waals surface area contributed by atoms with Gasteiger partial charge < -0.3 is 14.2 Å². The largest absolute Gasteiger partial charge is 0.364 e. The van der Waals surface area contributed by atoms with Crippen LogP contribution in [0.3, 0.4) is 0 Å². The average molecular weight is 126 g/mol. The minimum Gasteiger partial charge on any atom is -0.364 e. The van der Waals surface area contributed by atoms with E-state index in [-0.39, 0.29) is 0 Å². The normalized spacial score (nSPS) is 80.0. The first kappa shape index (κ1) is 3.91. The molecule has 4 aliphatic rings. The topological polar surface area (TPSA) is 37.6 Å². The lowest BCUT2D eigenvalue weighted by atomic mass is 10.0. The van der Waals surface area contributed by atoms with Gasteiger partial charge >= 0.3 is 0 Å². The highest BCUT2D eigenvalue weighted by Crippen LogP contribution is 2.56. The summed E-state index contributed by atoms with van der Waals surface area (Å²) >= 11 is 0. The first-order valence-electron chi connectivity index (χ1n) is 3.41. The van der Waals surface area contributed by atoms with E-state index in [1.807, 2.05) is 0 Å². The Labute approximate surface area is 51.9 Å². The molecular weight excluding hydrogens is 120 g/mol. The molecule has 4 rings (SSSR count). The molecule has 9 heavy (non-hydrogen) atoms. The number of rotatable bonds is 0. The predicted molar refractivity (Wildman–Crippen MR) is 26.0 cm³/mol. The van der Waals surface area contributed by atoms with Gasteiger partial charge in [0, 0.05) is 0 Å². The molecule has 0 N–H and O–H groups in total. The van der Waals surface area contributed by atoms with Gasteiger partial charge in [-0.3, -0.25) is 0 Å². The Morgan fingerprint density at radius 2 is 0.667 bits per heavy atom. The van der Waals surface area contributed by atoms with E-state index in [1.165, 1.54) is 0 Å². The van der Waals surface area contributed by atoms with Crippen molar-refractivity contribution in [3.8, 4) is 0 Å². The zero-order chi connectivity index (χ0) is 5.59. The molecule has 0 spiro atoms. The highest BCUT2D eigenvalue weighted by Gasteiger charge is 2.76. The monoisotopic (exact) mass is 126 g/mol. The Morgan fingerprint density at radius 1 is 0.444 bits per heavy atom. The number of fused-ring (bicyclic) bond motifs is 6. The smallest absolute Gasteiger partial charge is 0.116 e. The number of hydrogen-bond donors (Lipinski definition) is 0. The number of epoxide rings is 3. The van der Waals surface area contributed by atoms with E-state index in [0.29, 0.717) is 36.6 Å². The molecule has 0 amide bonds. The van der Waals surface area contributed by atoms with Gasteiger partial charge in [-0.25, -0.2) is 0 Å². The summed E-state index contributed by atoms with van der Waals surface area (Å²) < 4.78 is 16.0. The molecule has 0 bridgehead atoms. The molecule has 0 radical (unpaired) electrons. The predicted octanol–water partition coefficient (Wildman–Crippen LogP) is -0.698. The first-order valence-corrected chi connectivity index (χ1v) is 3.41. The fraction of sp³-hybridized carbons (Fsp3) is 1.00. The minimum absolute atomic E-state index is 0.416. The summed E-state index contributed by atoms with van der Waals surface area (Å²) in [5, 5.41) is 0. The molecular formula is C6H6O3. The average Bonchev–Trinajstić information content (AvgIpc) is 2.64. The van der Waals surface area contributed by atoms with Crippen molar-refractivity contribution in [3.05, 3.63) is 0 Å². The summed E-state index contributed by atoms with van der Waals surface area (Å²) in [6.45, 7) is 0. The molecule has 1 aliphatic carbocycles. The van der Waals surface area contributed by atoms with Crippen LogP contribution in [0, 0.1) is 0 Å². The SMILES string of the molecule is O1C2C3OC3C3OC3C12. The fourth-order valence-corrected chi connectivity index (χ4v) is 1.99. The second-order valence-electron chi connectivity index (χ2n) is 3.20. The van der Waals surface area contributed by atoms with Crippen molar-refractivity contribution in [3.63, 3.8) is 0 Å². The van der Waals surface area contributed by atoms with Crippen molar-refractivity contribution >= 4 is 0 Å². The van der Waals surface area contributed by atoms with Crippen LogP contribution >= 0.6 is 0 Å². The third kappa shape index (κ3) is 0.305. The highest BCUT2D eigenvalue weighted by atomic mass is 16.7. The summed E-state index contributed by atoms with van der Waals surface area (Å²) in [4.78, 5) is 0. The summed E-state index contributed by atoms with van der Waals surface area (Å²) in [6.07, 6.45) is 2.49. The van der Waals surface area contributed by atoms with E-state index in [2.05, 4.69) is 0 Å². The molecule has 3 heteroatoms. The van der Waals surface area contributed by atoms with Gasteiger partial charge in [-0.15, -0.1) is 0 Å². The quantitative estimate of drug-likeness (QED) is 0.403. The first-order chi connectivity index (χ1) is 4.45. The number of ether oxygens (including phenoxy) is 3. The maximum absolute atomic E-state index is 5.34. The summed E-state index contributed by atoms with van der Waals surface area (Å²) in [6, 6.07) is 0. The fourth-order valence-electron chi connectivity index (χ4n) is 1.99. The van der Waals surface area contributed by atoms with Crippen LogP contribution in [-0.2, 0) is 14.2 Å². The van der Waals surface area contributed by atoms with Gasteiger partial charge in [0.05, 0.1) is 0 Å². The van der Waals surface area contributed by atoms with Gasteiger partial charge in [0.25, 0.3) is 0 Å². The molecule has 0 unspecified atom stereocenters. The maximum Gasteiger partial charge on any atom is 0.116 e. The van der Waals surface area contributed by atoms with E-state index in [1.54, 1.807) is 0 Å². The van der Waals surface area contributed by atoms with Crippen molar-refractivity contribution in [2.24, 2.45) is 0 Å². The van der Waals surface area contributed by atoms with Crippen molar-refractivity contribution in [1.29, 1.82) is 0 Å². The lowest BCUT2D eigenvalue weighted by Gasteiger charge is -1.88. The van der Waals surface area contributed by atoms with Gasteiger partial charge in [-0.2, -0.15) is 0 Å². The van der Waals surface area contributed by atoms with E-state index >= 15 is 0 Å². The Kier molecular flexibility index (Phi) is 0.371. The summed E-state index contributed by atoms with van der Waals surface area (Å²) in [7, 11) is 0. The summed E-state index contributed by atoms with van der Waals surface area (Å²) in [5.41, 5.74) is 0. The third-order valence-electron chi connectivity index (χ3n) is 2.66. The van der Waals surface area contributed by atoms with Crippen molar-refractivity contribution in [1.82, 2.24) is 0 Å². The van der Waals surface area contributed by atoms with Crippen LogP contribution in [0.4, 0.5) is 0 Å². The van der Waals surface area contributed by atoms with E-state index in [9.17, 15) is 0 Å². The standard InChI is InChI=1S/C6H6O3/c7-1-2(7)4-6(9-4)5-3(1)8-5/h1-6H. The van der Waals surface area contributed by atoms with E-state index in [4.69, 9.17) is 14.2 Å². The minimum atomic E-state index is 0.416. The van der Waals surface area contributed by atoms with Crippen molar-refractivity contribution in [2.45, 2.75) is 36.6 Å². The van der Waals surface area contributed by atoms with Crippen LogP contribution in [0.1, 0.15) is 0 Å². The second kappa shape index (κ2) is 0.856. The van der Waals surface area contributed by atoms with Gasteiger partial charge in [0.2, 0.25) is 0 Å². The molecule has 0 atom stereocenters. The van der Waals surface area contributed by atoms with Crippen molar-refractivity contribution < 1.29 is 14.2 Å². The Morgan fingerprint density at radius 3 is 0.889 bits per heavy atom.